The van der Waals surface area contributed by atoms with Crippen molar-refractivity contribution in [3.63, 3.8) is 0 Å². The Labute approximate surface area is 186 Å². The first-order valence-corrected chi connectivity index (χ1v) is 10.6. The zero-order chi connectivity index (χ0) is 22.7. The Balaban J connectivity index is 1.29. The van der Waals surface area contributed by atoms with E-state index in [4.69, 9.17) is 0 Å². The monoisotopic (exact) mass is 435 g/mol. The number of piperazine rings is 1. The van der Waals surface area contributed by atoms with Crippen molar-refractivity contribution in [2.75, 3.05) is 38.0 Å². The maximum Gasteiger partial charge on any atom is 0.253 e. The zero-order valence-electron chi connectivity index (χ0n) is 18.2. The predicted octanol–water partition coefficient (Wildman–Crippen LogP) is 3.02. The molecule has 0 radical (unpaired) electrons. The van der Waals surface area contributed by atoms with Gasteiger partial charge in [-0.05, 0) is 68.4 Å². The number of nitrogens with zero attached hydrogens (tertiary/aromatic N) is 4. The quantitative estimate of drug-likeness (QED) is 0.669. The van der Waals surface area contributed by atoms with Crippen molar-refractivity contribution in [1.82, 2.24) is 19.6 Å². The molecule has 166 valence electrons. The minimum absolute atomic E-state index is 0.0136. The molecule has 1 saturated heterocycles. The largest absolute Gasteiger partial charge is 0.336 e. The van der Waals surface area contributed by atoms with Gasteiger partial charge in [-0.2, -0.15) is 5.10 Å². The highest BCUT2D eigenvalue weighted by atomic mass is 19.1. The molecule has 0 atom stereocenters. The van der Waals surface area contributed by atoms with Gasteiger partial charge >= 0.3 is 0 Å². The summed E-state index contributed by atoms with van der Waals surface area (Å²) in [6.07, 6.45) is 0. The van der Waals surface area contributed by atoms with Crippen molar-refractivity contribution in [3.05, 3.63) is 77.4 Å². The molecule has 8 heteroatoms. The minimum Gasteiger partial charge on any atom is -0.336 e. The molecule has 0 aliphatic carbocycles. The van der Waals surface area contributed by atoms with Crippen LogP contribution < -0.4 is 5.32 Å². The summed E-state index contributed by atoms with van der Waals surface area (Å²) in [4.78, 5) is 29.0. The SMILES string of the molecule is Cc1cc(C)n(-c2ccc(C(=O)N3CCN(CC(=O)Nc4ccc(F)cc4)CC3)cc2)n1. The molecule has 0 spiro atoms. The summed E-state index contributed by atoms with van der Waals surface area (Å²) >= 11 is 0. The third-order valence-corrected chi connectivity index (χ3v) is 5.52. The highest BCUT2D eigenvalue weighted by Crippen LogP contribution is 2.15. The average molecular weight is 436 g/mol. The zero-order valence-corrected chi connectivity index (χ0v) is 18.2. The van der Waals surface area contributed by atoms with E-state index in [0.717, 1.165) is 17.1 Å². The molecule has 2 aromatic carbocycles. The number of rotatable bonds is 5. The fourth-order valence-corrected chi connectivity index (χ4v) is 3.86. The molecule has 1 fully saturated rings. The Morgan fingerprint density at radius 2 is 1.62 bits per heavy atom. The van der Waals surface area contributed by atoms with E-state index in [0.29, 0.717) is 37.4 Å². The van der Waals surface area contributed by atoms with E-state index in [1.807, 2.05) is 58.7 Å². The van der Waals surface area contributed by atoms with Crippen LogP contribution in [0.2, 0.25) is 0 Å². The van der Waals surface area contributed by atoms with E-state index >= 15 is 0 Å². The first kappa shape index (κ1) is 21.7. The second kappa shape index (κ2) is 9.32. The molecule has 32 heavy (non-hydrogen) atoms. The first-order chi connectivity index (χ1) is 15.4. The normalized spacial score (nSPS) is 14.4. The lowest BCUT2D eigenvalue weighted by Crippen LogP contribution is -2.50. The Hall–Kier alpha value is -3.52. The van der Waals surface area contributed by atoms with E-state index < -0.39 is 0 Å². The van der Waals surface area contributed by atoms with Gasteiger partial charge in [-0.3, -0.25) is 14.5 Å². The molecule has 2 amide bonds. The second-order valence-corrected chi connectivity index (χ2v) is 8.01. The smallest absolute Gasteiger partial charge is 0.253 e. The maximum atomic E-state index is 13.0. The third kappa shape index (κ3) is 5.03. The van der Waals surface area contributed by atoms with Crippen LogP contribution in [0.25, 0.3) is 5.69 Å². The van der Waals surface area contributed by atoms with Gasteiger partial charge in [0.1, 0.15) is 5.82 Å². The van der Waals surface area contributed by atoms with E-state index in [-0.39, 0.29) is 24.2 Å². The van der Waals surface area contributed by atoms with Gasteiger partial charge in [-0.25, -0.2) is 9.07 Å². The van der Waals surface area contributed by atoms with Crippen LogP contribution in [0.15, 0.2) is 54.6 Å². The Morgan fingerprint density at radius 3 is 2.22 bits per heavy atom. The number of halogens is 1. The van der Waals surface area contributed by atoms with Crippen LogP contribution in [-0.4, -0.2) is 64.1 Å². The number of benzene rings is 2. The second-order valence-electron chi connectivity index (χ2n) is 8.01. The van der Waals surface area contributed by atoms with Gasteiger partial charge in [0.05, 0.1) is 17.9 Å². The lowest BCUT2D eigenvalue weighted by Gasteiger charge is -2.34. The number of anilines is 1. The van der Waals surface area contributed by atoms with Gasteiger partial charge in [0.15, 0.2) is 0 Å². The lowest BCUT2D eigenvalue weighted by molar-refractivity contribution is -0.117. The molecule has 1 aromatic heterocycles. The molecule has 1 aliphatic rings. The Bertz CT molecular complexity index is 1100. The molecule has 3 aromatic rings. The molecule has 0 saturated carbocycles. The average Bonchev–Trinajstić information content (AvgIpc) is 3.13. The van der Waals surface area contributed by atoms with Crippen molar-refractivity contribution in [1.29, 1.82) is 0 Å². The number of carbonyl (C=O) groups is 2. The highest BCUT2D eigenvalue weighted by Gasteiger charge is 2.23. The Morgan fingerprint density at radius 1 is 0.969 bits per heavy atom. The van der Waals surface area contributed by atoms with E-state index in [2.05, 4.69) is 10.4 Å². The van der Waals surface area contributed by atoms with Crippen molar-refractivity contribution in [2.24, 2.45) is 0 Å². The summed E-state index contributed by atoms with van der Waals surface area (Å²) in [6.45, 7) is 6.53. The first-order valence-electron chi connectivity index (χ1n) is 10.6. The van der Waals surface area contributed by atoms with Crippen molar-refractivity contribution in [2.45, 2.75) is 13.8 Å². The third-order valence-electron chi connectivity index (χ3n) is 5.52. The van der Waals surface area contributed by atoms with Crippen LogP contribution in [0.5, 0.6) is 0 Å². The number of hydrogen-bond donors (Lipinski definition) is 1. The number of hydrogen-bond acceptors (Lipinski definition) is 4. The summed E-state index contributed by atoms with van der Waals surface area (Å²) < 4.78 is 14.8. The van der Waals surface area contributed by atoms with Crippen LogP contribution in [0, 0.1) is 19.7 Å². The highest BCUT2D eigenvalue weighted by molar-refractivity contribution is 5.94. The molecule has 0 unspecified atom stereocenters. The number of nitrogens with one attached hydrogen (secondary N) is 1. The predicted molar refractivity (Wildman–Crippen MR) is 120 cm³/mol. The van der Waals surface area contributed by atoms with Crippen LogP contribution in [0.3, 0.4) is 0 Å². The van der Waals surface area contributed by atoms with Gasteiger partial charge in [0, 0.05) is 43.1 Å². The summed E-state index contributed by atoms with van der Waals surface area (Å²) in [5.41, 5.74) is 4.11. The number of aromatic nitrogens is 2. The van der Waals surface area contributed by atoms with Gasteiger partial charge in [0.25, 0.3) is 5.91 Å². The molecule has 7 nitrogen and oxygen atoms in total. The fraction of sp³-hybridized carbons (Fsp3) is 0.292. The minimum atomic E-state index is -0.343. The van der Waals surface area contributed by atoms with Crippen LogP contribution >= 0.6 is 0 Å². The summed E-state index contributed by atoms with van der Waals surface area (Å²) in [5.74, 6) is -0.513. The van der Waals surface area contributed by atoms with Crippen molar-refractivity contribution >= 4 is 17.5 Å². The molecular formula is C24H26FN5O2. The molecule has 4 rings (SSSR count). The summed E-state index contributed by atoms with van der Waals surface area (Å²) in [7, 11) is 0. The molecule has 0 bridgehead atoms. The van der Waals surface area contributed by atoms with E-state index in [9.17, 15) is 14.0 Å². The molecular weight excluding hydrogens is 409 g/mol. The van der Waals surface area contributed by atoms with Crippen molar-refractivity contribution < 1.29 is 14.0 Å². The van der Waals surface area contributed by atoms with Gasteiger partial charge in [-0.15, -0.1) is 0 Å². The Kier molecular flexibility index (Phi) is 6.32. The van der Waals surface area contributed by atoms with Gasteiger partial charge in [-0.1, -0.05) is 0 Å². The summed E-state index contributed by atoms with van der Waals surface area (Å²) in [6, 6.07) is 15.2. The molecule has 1 aliphatic heterocycles. The molecule has 1 N–H and O–H groups in total. The van der Waals surface area contributed by atoms with Gasteiger partial charge < -0.3 is 10.2 Å². The maximum absolute atomic E-state index is 13.0. The molecule has 2 heterocycles. The van der Waals surface area contributed by atoms with Crippen LogP contribution in [0.4, 0.5) is 10.1 Å². The van der Waals surface area contributed by atoms with E-state index in [1.165, 1.54) is 24.3 Å². The fourth-order valence-electron chi connectivity index (χ4n) is 3.86. The number of aryl methyl sites for hydroxylation is 2. The lowest BCUT2D eigenvalue weighted by atomic mass is 10.1. The van der Waals surface area contributed by atoms with Crippen molar-refractivity contribution in [3.8, 4) is 5.69 Å². The van der Waals surface area contributed by atoms with Crippen LogP contribution in [0.1, 0.15) is 21.7 Å². The topological polar surface area (TPSA) is 70.5 Å². The standard InChI is InChI=1S/C24H26FN5O2/c1-17-15-18(2)30(27-17)22-9-3-19(4-10-22)24(32)29-13-11-28(12-14-29)16-23(31)26-21-7-5-20(25)6-8-21/h3-10,15H,11-14,16H2,1-2H3,(H,26,31). The summed E-state index contributed by atoms with van der Waals surface area (Å²) in [5, 5.41) is 7.24. The van der Waals surface area contributed by atoms with E-state index in [1.54, 1.807) is 0 Å². The number of carbonyl (C=O) groups excluding carboxylic acids is 2. The van der Waals surface area contributed by atoms with Crippen LogP contribution in [-0.2, 0) is 4.79 Å². The number of amides is 2. The van der Waals surface area contributed by atoms with Gasteiger partial charge in [0.2, 0.25) is 5.91 Å².